The van der Waals surface area contributed by atoms with Gasteiger partial charge in [0.25, 0.3) is 0 Å². The summed E-state index contributed by atoms with van der Waals surface area (Å²) >= 11 is 5.97. The van der Waals surface area contributed by atoms with Gasteiger partial charge >= 0.3 is 0 Å². The van der Waals surface area contributed by atoms with Crippen molar-refractivity contribution in [3.8, 4) is 0 Å². The Balaban J connectivity index is 2.23. The maximum atomic E-state index is 5.97. The van der Waals surface area contributed by atoms with Crippen LogP contribution in [-0.4, -0.2) is 0 Å². The molecule has 0 fully saturated rings. The van der Waals surface area contributed by atoms with E-state index >= 15 is 0 Å². The molecule has 1 aliphatic rings. The Morgan fingerprint density at radius 3 is 2.86 bits per heavy atom. The van der Waals surface area contributed by atoms with E-state index in [0.29, 0.717) is 0 Å². The monoisotopic (exact) mass is 206 g/mol. The molecule has 1 aliphatic carbocycles. The fourth-order valence-electron chi connectivity index (χ4n) is 1.92. The molecule has 0 nitrogen and oxygen atoms in total. The molecule has 1 aromatic rings. The van der Waals surface area contributed by atoms with Crippen LogP contribution in [0.5, 0.6) is 0 Å². The zero-order valence-corrected chi connectivity index (χ0v) is 9.22. The number of allylic oxidation sites excluding steroid dienone is 2. The van der Waals surface area contributed by atoms with Gasteiger partial charge in [0.15, 0.2) is 0 Å². The van der Waals surface area contributed by atoms with Crippen LogP contribution < -0.4 is 0 Å². The van der Waals surface area contributed by atoms with Crippen LogP contribution in [0.2, 0.25) is 5.02 Å². The molecule has 0 aromatic heterocycles. The summed E-state index contributed by atoms with van der Waals surface area (Å²) in [6, 6.07) is 8.16. The van der Waals surface area contributed by atoms with Crippen LogP contribution in [0.3, 0.4) is 0 Å². The Hall–Kier alpha value is -0.750. The molecule has 0 saturated carbocycles. The quantitative estimate of drug-likeness (QED) is 0.633. The first kappa shape index (κ1) is 9.79. The van der Waals surface area contributed by atoms with Crippen molar-refractivity contribution in [2.24, 2.45) is 5.92 Å². The highest BCUT2D eigenvalue weighted by atomic mass is 35.5. The second-order valence-corrected chi connectivity index (χ2v) is 4.56. The molecule has 1 heteroatoms. The molecule has 1 atom stereocenters. The summed E-state index contributed by atoms with van der Waals surface area (Å²) < 4.78 is 0. The highest BCUT2D eigenvalue weighted by Gasteiger charge is 2.11. The van der Waals surface area contributed by atoms with Crippen LogP contribution in [0.25, 0.3) is 5.57 Å². The first-order valence-electron chi connectivity index (χ1n) is 5.20. The second-order valence-electron chi connectivity index (χ2n) is 4.12. The molecular formula is C13H15Cl. The second kappa shape index (κ2) is 4.18. The average molecular weight is 207 g/mol. The summed E-state index contributed by atoms with van der Waals surface area (Å²) in [7, 11) is 0. The summed E-state index contributed by atoms with van der Waals surface area (Å²) in [6.07, 6.45) is 6.07. The predicted octanol–water partition coefficient (Wildman–Crippen LogP) is 4.54. The Labute approximate surface area is 90.6 Å². The van der Waals surface area contributed by atoms with Gasteiger partial charge in [-0.25, -0.2) is 0 Å². The van der Waals surface area contributed by atoms with E-state index in [2.05, 4.69) is 25.1 Å². The Morgan fingerprint density at radius 2 is 2.21 bits per heavy atom. The van der Waals surface area contributed by atoms with E-state index in [-0.39, 0.29) is 0 Å². The minimum atomic E-state index is 0.835. The predicted molar refractivity (Wildman–Crippen MR) is 62.4 cm³/mol. The molecule has 1 unspecified atom stereocenters. The molecule has 74 valence electrons. The van der Waals surface area contributed by atoms with Crippen LogP contribution in [0, 0.1) is 5.92 Å². The SMILES string of the molecule is CC1CC=C(c2cccc(Cl)c2)CC1. The Bertz CT molecular complexity index is 352. The van der Waals surface area contributed by atoms with Gasteiger partial charge in [0, 0.05) is 5.02 Å². The summed E-state index contributed by atoms with van der Waals surface area (Å²) in [4.78, 5) is 0. The van der Waals surface area contributed by atoms with Gasteiger partial charge in [0.2, 0.25) is 0 Å². The molecule has 1 aromatic carbocycles. The minimum Gasteiger partial charge on any atom is -0.0843 e. The van der Waals surface area contributed by atoms with E-state index in [1.807, 2.05) is 12.1 Å². The van der Waals surface area contributed by atoms with Crippen LogP contribution >= 0.6 is 11.6 Å². The van der Waals surface area contributed by atoms with Crippen LogP contribution in [0.4, 0.5) is 0 Å². The number of rotatable bonds is 1. The summed E-state index contributed by atoms with van der Waals surface area (Å²) in [5.74, 6) is 0.845. The first-order chi connectivity index (χ1) is 6.75. The largest absolute Gasteiger partial charge is 0.0843 e. The van der Waals surface area contributed by atoms with Crippen molar-refractivity contribution in [3.05, 3.63) is 40.9 Å². The lowest BCUT2D eigenvalue weighted by Gasteiger charge is -2.18. The molecular weight excluding hydrogens is 192 g/mol. The highest BCUT2D eigenvalue weighted by Crippen LogP contribution is 2.30. The van der Waals surface area contributed by atoms with E-state index in [1.165, 1.54) is 30.4 Å². The first-order valence-corrected chi connectivity index (χ1v) is 5.58. The van der Waals surface area contributed by atoms with Gasteiger partial charge in [0.05, 0.1) is 0 Å². The van der Waals surface area contributed by atoms with Crippen molar-refractivity contribution in [1.82, 2.24) is 0 Å². The number of hydrogen-bond acceptors (Lipinski definition) is 0. The average Bonchev–Trinajstić information content (AvgIpc) is 2.19. The summed E-state index contributed by atoms with van der Waals surface area (Å²) in [5.41, 5.74) is 2.76. The van der Waals surface area contributed by atoms with Crippen molar-refractivity contribution in [2.75, 3.05) is 0 Å². The fraction of sp³-hybridized carbons (Fsp3) is 0.385. The molecule has 0 N–H and O–H groups in total. The number of halogens is 1. The van der Waals surface area contributed by atoms with Crippen LogP contribution in [0.15, 0.2) is 30.3 Å². The third kappa shape index (κ3) is 2.19. The van der Waals surface area contributed by atoms with Gasteiger partial charge in [-0.05, 0) is 48.4 Å². The fourth-order valence-corrected chi connectivity index (χ4v) is 2.11. The number of hydrogen-bond donors (Lipinski definition) is 0. The Morgan fingerprint density at radius 1 is 1.36 bits per heavy atom. The van der Waals surface area contributed by atoms with Gasteiger partial charge < -0.3 is 0 Å². The molecule has 0 aliphatic heterocycles. The van der Waals surface area contributed by atoms with E-state index in [9.17, 15) is 0 Å². The Kier molecular flexibility index (Phi) is 2.93. The summed E-state index contributed by atoms with van der Waals surface area (Å²) in [6.45, 7) is 2.31. The molecule has 0 bridgehead atoms. The molecule has 0 amide bonds. The van der Waals surface area contributed by atoms with Crippen molar-refractivity contribution in [3.63, 3.8) is 0 Å². The van der Waals surface area contributed by atoms with E-state index < -0.39 is 0 Å². The van der Waals surface area contributed by atoms with Crippen molar-refractivity contribution in [1.29, 1.82) is 0 Å². The summed E-state index contributed by atoms with van der Waals surface area (Å²) in [5, 5.41) is 0.835. The van der Waals surface area contributed by atoms with Gasteiger partial charge in [-0.1, -0.05) is 36.7 Å². The minimum absolute atomic E-state index is 0.835. The normalized spacial score (nSPS) is 21.9. The van der Waals surface area contributed by atoms with E-state index in [1.54, 1.807) is 0 Å². The lowest BCUT2D eigenvalue weighted by atomic mass is 9.88. The van der Waals surface area contributed by atoms with Crippen molar-refractivity contribution in [2.45, 2.75) is 26.2 Å². The van der Waals surface area contributed by atoms with Gasteiger partial charge in [0.1, 0.15) is 0 Å². The highest BCUT2D eigenvalue weighted by molar-refractivity contribution is 6.30. The lowest BCUT2D eigenvalue weighted by molar-refractivity contribution is 0.534. The van der Waals surface area contributed by atoms with Crippen LogP contribution in [-0.2, 0) is 0 Å². The van der Waals surface area contributed by atoms with Gasteiger partial charge in [-0.2, -0.15) is 0 Å². The molecule has 0 spiro atoms. The van der Waals surface area contributed by atoms with Crippen LogP contribution in [0.1, 0.15) is 31.7 Å². The zero-order valence-electron chi connectivity index (χ0n) is 8.46. The molecule has 0 radical (unpaired) electrons. The van der Waals surface area contributed by atoms with Gasteiger partial charge in [-0.15, -0.1) is 0 Å². The van der Waals surface area contributed by atoms with E-state index in [0.717, 1.165) is 10.9 Å². The maximum absolute atomic E-state index is 5.97. The maximum Gasteiger partial charge on any atom is 0.0412 e. The van der Waals surface area contributed by atoms with Crippen molar-refractivity contribution < 1.29 is 0 Å². The topological polar surface area (TPSA) is 0 Å². The third-order valence-corrected chi connectivity index (χ3v) is 3.10. The molecule has 0 heterocycles. The van der Waals surface area contributed by atoms with E-state index in [4.69, 9.17) is 11.6 Å². The number of benzene rings is 1. The smallest absolute Gasteiger partial charge is 0.0412 e. The third-order valence-electron chi connectivity index (χ3n) is 2.87. The molecule has 2 rings (SSSR count). The molecule has 0 saturated heterocycles. The zero-order chi connectivity index (χ0) is 9.97. The molecule has 14 heavy (non-hydrogen) atoms. The van der Waals surface area contributed by atoms with Gasteiger partial charge in [-0.3, -0.25) is 0 Å². The standard InChI is InChI=1S/C13H15Cl/c1-10-5-7-11(8-6-10)12-3-2-4-13(14)9-12/h2-4,7,9-10H,5-6,8H2,1H3. The van der Waals surface area contributed by atoms with Crippen molar-refractivity contribution >= 4 is 17.2 Å². The lowest BCUT2D eigenvalue weighted by Crippen LogP contribution is -2.00.